The van der Waals surface area contributed by atoms with Gasteiger partial charge in [-0.1, -0.05) is 41.9 Å². The Morgan fingerprint density at radius 3 is 2.58 bits per heavy atom. The molecule has 0 bridgehead atoms. The molecule has 2 fully saturated rings. The third kappa shape index (κ3) is 3.32. The highest BCUT2D eigenvalue weighted by atomic mass is 35.5. The van der Waals surface area contributed by atoms with E-state index in [1.165, 1.54) is 4.90 Å². The van der Waals surface area contributed by atoms with Crippen LogP contribution in [0.25, 0.3) is 0 Å². The lowest BCUT2D eigenvalue weighted by molar-refractivity contribution is -0.143. The third-order valence-corrected chi connectivity index (χ3v) is 7.14. The van der Waals surface area contributed by atoms with Gasteiger partial charge in [0.15, 0.2) is 0 Å². The number of carboxylic acid groups (broad SMARTS) is 1. The second-order valence-electron chi connectivity index (χ2n) is 8.70. The van der Waals surface area contributed by atoms with Gasteiger partial charge in [0.2, 0.25) is 17.7 Å². The fourth-order valence-electron chi connectivity index (χ4n) is 5.47. The van der Waals surface area contributed by atoms with E-state index < -0.39 is 41.2 Å². The van der Waals surface area contributed by atoms with Gasteiger partial charge >= 0.3 is 5.97 Å². The number of fused-ring (bicyclic) bond motifs is 4. The zero-order valence-corrected chi connectivity index (χ0v) is 18.3. The Hall–Kier alpha value is -3.23. The Bertz CT molecular complexity index is 1170. The third-order valence-electron chi connectivity index (χ3n) is 6.90. The van der Waals surface area contributed by atoms with E-state index in [0.717, 1.165) is 5.56 Å². The van der Waals surface area contributed by atoms with Gasteiger partial charge in [0.25, 0.3) is 0 Å². The molecule has 3 N–H and O–H groups in total. The Kier molecular flexibility index (Phi) is 5.22. The van der Waals surface area contributed by atoms with Crippen LogP contribution in [0.2, 0.25) is 5.02 Å². The summed E-state index contributed by atoms with van der Waals surface area (Å²) in [5, 5.41) is 15.6. The highest BCUT2D eigenvalue weighted by Gasteiger charge is 2.70. The summed E-state index contributed by atoms with van der Waals surface area (Å²) in [4.78, 5) is 52.9. The lowest BCUT2D eigenvalue weighted by Crippen LogP contribution is -2.53. The second-order valence-corrected chi connectivity index (χ2v) is 9.14. The molecule has 3 heterocycles. The average molecular weight is 468 g/mol. The summed E-state index contributed by atoms with van der Waals surface area (Å²) in [6, 6.07) is 13.8. The van der Waals surface area contributed by atoms with Crippen LogP contribution in [0.15, 0.2) is 48.5 Å². The summed E-state index contributed by atoms with van der Waals surface area (Å²) < 4.78 is 0. The lowest BCUT2D eigenvalue weighted by Gasteiger charge is -2.29. The molecule has 33 heavy (non-hydrogen) atoms. The highest BCUT2D eigenvalue weighted by Crippen LogP contribution is 2.53. The number of amides is 3. The van der Waals surface area contributed by atoms with Gasteiger partial charge in [-0.25, -0.2) is 0 Å². The Morgan fingerprint density at radius 2 is 1.85 bits per heavy atom. The number of carbonyl (C=O) groups excluding carboxylic acids is 3. The van der Waals surface area contributed by atoms with Gasteiger partial charge in [-0.2, -0.15) is 0 Å². The zero-order chi connectivity index (χ0) is 23.3. The molecule has 0 radical (unpaired) electrons. The minimum atomic E-state index is -1.47. The van der Waals surface area contributed by atoms with Crippen molar-refractivity contribution >= 4 is 41.0 Å². The fourth-order valence-corrected chi connectivity index (χ4v) is 5.64. The molecule has 5 rings (SSSR count). The Balaban J connectivity index is 1.53. The highest BCUT2D eigenvalue weighted by molar-refractivity contribution is 6.31. The van der Waals surface area contributed by atoms with Gasteiger partial charge in [-0.05, 0) is 36.6 Å². The van der Waals surface area contributed by atoms with Crippen LogP contribution >= 0.6 is 11.6 Å². The van der Waals surface area contributed by atoms with E-state index in [2.05, 4.69) is 10.6 Å². The number of nitrogens with one attached hydrogen (secondary N) is 2. The Labute approximate surface area is 194 Å². The van der Waals surface area contributed by atoms with E-state index in [1.807, 2.05) is 30.3 Å². The number of carboxylic acids is 1. The largest absolute Gasteiger partial charge is 0.481 e. The van der Waals surface area contributed by atoms with Crippen molar-refractivity contribution in [2.24, 2.45) is 11.8 Å². The van der Waals surface area contributed by atoms with Crippen LogP contribution < -0.4 is 10.6 Å². The van der Waals surface area contributed by atoms with Gasteiger partial charge in [0.05, 0.1) is 11.8 Å². The molecule has 0 aliphatic carbocycles. The first-order valence-electron chi connectivity index (χ1n) is 10.8. The van der Waals surface area contributed by atoms with Gasteiger partial charge < -0.3 is 10.4 Å². The van der Waals surface area contributed by atoms with E-state index >= 15 is 0 Å². The van der Waals surface area contributed by atoms with E-state index in [9.17, 15) is 24.3 Å². The maximum Gasteiger partial charge on any atom is 0.303 e. The molecule has 1 spiro atoms. The number of carbonyl (C=O) groups is 4. The van der Waals surface area contributed by atoms with Crippen LogP contribution in [0.3, 0.4) is 0 Å². The van der Waals surface area contributed by atoms with Crippen molar-refractivity contribution in [3.63, 3.8) is 0 Å². The monoisotopic (exact) mass is 467 g/mol. The number of aliphatic carboxylic acids is 1. The minimum Gasteiger partial charge on any atom is -0.481 e. The normalized spacial score (nSPS) is 27.7. The van der Waals surface area contributed by atoms with Crippen LogP contribution in [-0.2, 0) is 31.1 Å². The van der Waals surface area contributed by atoms with E-state index in [-0.39, 0.29) is 25.3 Å². The quantitative estimate of drug-likeness (QED) is 0.561. The molecular weight excluding hydrogens is 446 g/mol. The van der Waals surface area contributed by atoms with Crippen molar-refractivity contribution in [1.29, 1.82) is 0 Å². The molecule has 8 nitrogen and oxygen atoms in total. The van der Waals surface area contributed by atoms with Crippen molar-refractivity contribution in [3.05, 3.63) is 64.7 Å². The average Bonchev–Trinajstić information content (AvgIpc) is 3.37. The molecule has 3 aliphatic rings. The maximum atomic E-state index is 13.6. The number of imide groups is 1. The molecule has 4 atom stereocenters. The van der Waals surface area contributed by atoms with Crippen LogP contribution in [-0.4, -0.2) is 46.3 Å². The van der Waals surface area contributed by atoms with Crippen molar-refractivity contribution in [2.75, 3.05) is 11.9 Å². The number of nitrogens with zero attached hydrogens (tertiary/aromatic N) is 1. The van der Waals surface area contributed by atoms with Gasteiger partial charge in [0.1, 0.15) is 5.54 Å². The lowest BCUT2D eigenvalue weighted by atomic mass is 9.76. The number of rotatable bonds is 6. The zero-order valence-electron chi connectivity index (χ0n) is 17.6. The summed E-state index contributed by atoms with van der Waals surface area (Å²) in [5.74, 6) is -4.04. The molecule has 2 saturated heterocycles. The van der Waals surface area contributed by atoms with Gasteiger partial charge in [-0.3, -0.25) is 29.4 Å². The molecule has 3 amide bonds. The molecule has 3 aliphatic heterocycles. The summed E-state index contributed by atoms with van der Waals surface area (Å²) in [7, 11) is 0. The van der Waals surface area contributed by atoms with Gasteiger partial charge in [0, 0.05) is 35.3 Å². The summed E-state index contributed by atoms with van der Waals surface area (Å²) in [6.07, 6.45) is 0.423. The molecule has 0 unspecified atom stereocenters. The van der Waals surface area contributed by atoms with Crippen LogP contribution in [0.5, 0.6) is 0 Å². The van der Waals surface area contributed by atoms with Crippen molar-refractivity contribution in [2.45, 2.75) is 30.8 Å². The topological polar surface area (TPSA) is 116 Å². The van der Waals surface area contributed by atoms with Crippen molar-refractivity contribution in [3.8, 4) is 0 Å². The van der Waals surface area contributed by atoms with Gasteiger partial charge in [-0.15, -0.1) is 0 Å². The Morgan fingerprint density at radius 1 is 1.09 bits per heavy atom. The van der Waals surface area contributed by atoms with Crippen LogP contribution in [0.1, 0.15) is 24.0 Å². The molecule has 2 aromatic carbocycles. The molecule has 0 aromatic heterocycles. The molecule has 0 saturated carbocycles. The first-order valence-corrected chi connectivity index (χ1v) is 11.2. The maximum absolute atomic E-state index is 13.6. The fraction of sp³-hybridized carbons (Fsp3) is 0.333. The van der Waals surface area contributed by atoms with E-state index in [1.54, 1.807) is 18.2 Å². The number of anilines is 1. The smallest absolute Gasteiger partial charge is 0.303 e. The minimum absolute atomic E-state index is 0.118. The predicted molar refractivity (Wildman–Crippen MR) is 119 cm³/mol. The number of halogens is 1. The second kappa shape index (κ2) is 7.97. The molecule has 170 valence electrons. The van der Waals surface area contributed by atoms with E-state index in [0.29, 0.717) is 22.7 Å². The van der Waals surface area contributed by atoms with Crippen molar-refractivity contribution in [1.82, 2.24) is 10.2 Å². The molecule has 9 heteroatoms. The summed E-state index contributed by atoms with van der Waals surface area (Å²) >= 11 is 6.22. The van der Waals surface area contributed by atoms with Crippen LogP contribution in [0, 0.1) is 11.8 Å². The number of hydrogen-bond donors (Lipinski definition) is 3. The van der Waals surface area contributed by atoms with Crippen LogP contribution in [0.4, 0.5) is 5.69 Å². The number of likely N-dealkylation sites (tertiary alicyclic amines) is 1. The summed E-state index contributed by atoms with van der Waals surface area (Å²) in [5.41, 5.74) is 0.556. The van der Waals surface area contributed by atoms with Crippen molar-refractivity contribution < 1.29 is 24.3 Å². The molecular formula is C24H22ClN3O5. The molecule has 2 aromatic rings. The summed E-state index contributed by atoms with van der Waals surface area (Å²) in [6.45, 7) is 0.195. The first-order chi connectivity index (χ1) is 15.8. The van der Waals surface area contributed by atoms with E-state index in [4.69, 9.17) is 11.6 Å². The number of benzene rings is 2. The number of hydrogen-bond acceptors (Lipinski definition) is 5. The standard InChI is InChI=1S/C24H22ClN3O5/c25-14-6-7-16-15(12-14)24(23(33)26-16)20-19(17(27-24)8-9-18(29)30)21(31)28(22(20)32)11-10-13-4-2-1-3-5-13/h1-7,12,17,19-20,27H,8-11H2,(H,26,33)(H,29,30)/t17-,19-,20+,24+/m1/s1. The predicted octanol–water partition coefficient (Wildman–Crippen LogP) is 2.17. The first kappa shape index (κ1) is 21.6. The SMILES string of the molecule is O=C(O)CC[C@H]1N[C@]2(C(=O)Nc3ccc(Cl)cc32)[C@@H]2C(=O)N(CCc3ccccc3)C(=O)[C@@H]21.